The number of carbonyl (C=O) groups is 1. The maximum atomic E-state index is 11.9. The van der Waals surface area contributed by atoms with Gasteiger partial charge in [0.05, 0.1) is 12.5 Å². The van der Waals surface area contributed by atoms with Gasteiger partial charge in [-0.05, 0) is 37.0 Å². The average molecular weight is 255 g/mol. The van der Waals surface area contributed by atoms with Gasteiger partial charge in [-0.2, -0.15) is 0 Å². The molecule has 0 bridgehead atoms. The molecule has 0 spiro atoms. The second-order valence-electron chi connectivity index (χ2n) is 4.48. The van der Waals surface area contributed by atoms with Crippen molar-refractivity contribution in [3.8, 4) is 0 Å². The number of rotatable bonds is 4. The van der Waals surface area contributed by atoms with E-state index >= 15 is 0 Å². The van der Waals surface area contributed by atoms with Crippen molar-refractivity contribution < 1.29 is 9.53 Å². The molecule has 1 aromatic rings. The van der Waals surface area contributed by atoms with E-state index in [1.54, 1.807) is 0 Å². The van der Waals surface area contributed by atoms with E-state index in [-0.39, 0.29) is 17.8 Å². The monoisotopic (exact) mass is 254 g/mol. The van der Waals surface area contributed by atoms with Crippen molar-refractivity contribution in [1.29, 1.82) is 0 Å². The maximum absolute atomic E-state index is 11.9. The van der Waals surface area contributed by atoms with E-state index in [0.29, 0.717) is 11.6 Å². The van der Waals surface area contributed by atoms with Gasteiger partial charge < -0.3 is 4.74 Å². The zero-order chi connectivity index (χ0) is 13.0. The molecule has 0 fully saturated rings. The summed E-state index contributed by atoms with van der Waals surface area (Å²) in [4.78, 5) is 11.9. The van der Waals surface area contributed by atoms with Gasteiger partial charge in [-0.3, -0.25) is 4.79 Å². The molecule has 0 N–H and O–H groups in total. The summed E-state index contributed by atoms with van der Waals surface area (Å²) in [6.07, 6.45) is 0. The molecule has 0 heterocycles. The predicted octanol–water partition coefficient (Wildman–Crippen LogP) is 3.95. The van der Waals surface area contributed by atoms with Crippen LogP contribution in [0.4, 0.5) is 0 Å². The van der Waals surface area contributed by atoms with Crippen LogP contribution in [-0.4, -0.2) is 12.6 Å². The highest BCUT2D eigenvalue weighted by Crippen LogP contribution is 2.29. The standard InChI is InChI=1S/C14H19ClO2/c1-5-17-14(16)13(9(2)3)11-7-6-10(4)12(15)8-11/h6-9,13H,5H2,1-4H3. The molecule has 0 saturated heterocycles. The second-order valence-corrected chi connectivity index (χ2v) is 4.89. The molecule has 0 aliphatic heterocycles. The Kier molecular flexibility index (Phi) is 5.01. The van der Waals surface area contributed by atoms with Crippen molar-refractivity contribution in [3.05, 3.63) is 34.3 Å². The number of benzene rings is 1. The fraction of sp³-hybridized carbons (Fsp3) is 0.500. The Balaban J connectivity index is 3.05. The van der Waals surface area contributed by atoms with Gasteiger partial charge in [-0.25, -0.2) is 0 Å². The quantitative estimate of drug-likeness (QED) is 0.761. The van der Waals surface area contributed by atoms with Crippen LogP contribution in [0.15, 0.2) is 18.2 Å². The lowest BCUT2D eigenvalue weighted by atomic mass is 9.88. The first-order valence-electron chi connectivity index (χ1n) is 5.90. The average Bonchev–Trinajstić information content (AvgIpc) is 2.23. The van der Waals surface area contributed by atoms with Gasteiger partial charge in [-0.15, -0.1) is 0 Å². The first kappa shape index (κ1) is 14.0. The molecular formula is C14H19ClO2. The molecule has 0 aromatic heterocycles. The normalized spacial score (nSPS) is 12.6. The Morgan fingerprint density at radius 3 is 2.53 bits per heavy atom. The zero-order valence-corrected chi connectivity index (χ0v) is 11.5. The minimum absolute atomic E-state index is 0.178. The molecule has 0 radical (unpaired) electrons. The summed E-state index contributed by atoms with van der Waals surface area (Å²) >= 11 is 6.09. The Hall–Kier alpha value is -1.02. The Bertz CT molecular complexity index is 399. The molecule has 0 aliphatic carbocycles. The molecule has 17 heavy (non-hydrogen) atoms. The van der Waals surface area contributed by atoms with E-state index in [0.717, 1.165) is 11.1 Å². The second kappa shape index (κ2) is 6.06. The molecule has 0 aliphatic rings. The summed E-state index contributed by atoms with van der Waals surface area (Å²) in [7, 11) is 0. The molecule has 1 aromatic carbocycles. The Morgan fingerprint density at radius 2 is 2.06 bits per heavy atom. The first-order chi connectivity index (χ1) is 7.97. The van der Waals surface area contributed by atoms with Crippen molar-refractivity contribution in [2.45, 2.75) is 33.6 Å². The molecule has 0 amide bonds. The van der Waals surface area contributed by atoms with Gasteiger partial charge in [0.15, 0.2) is 0 Å². The third-order valence-electron chi connectivity index (χ3n) is 2.76. The van der Waals surface area contributed by atoms with Crippen LogP contribution in [0.25, 0.3) is 0 Å². The van der Waals surface area contributed by atoms with Crippen molar-refractivity contribution in [3.63, 3.8) is 0 Å². The number of hydrogen-bond donors (Lipinski definition) is 0. The number of carbonyl (C=O) groups excluding carboxylic acids is 1. The molecule has 1 unspecified atom stereocenters. The summed E-state index contributed by atoms with van der Waals surface area (Å²) in [5.41, 5.74) is 1.94. The molecule has 94 valence electrons. The molecule has 2 nitrogen and oxygen atoms in total. The van der Waals surface area contributed by atoms with Crippen LogP contribution in [0, 0.1) is 12.8 Å². The topological polar surface area (TPSA) is 26.3 Å². The predicted molar refractivity (Wildman–Crippen MR) is 70.4 cm³/mol. The van der Waals surface area contributed by atoms with Crippen LogP contribution in [0.5, 0.6) is 0 Å². The molecule has 0 saturated carbocycles. The van der Waals surface area contributed by atoms with Crippen LogP contribution >= 0.6 is 11.6 Å². The van der Waals surface area contributed by atoms with Crippen molar-refractivity contribution >= 4 is 17.6 Å². The van der Waals surface area contributed by atoms with Gasteiger partial charge in [0, 0.05) is 5.02 Å². The summed E-state index contributed by atoms with van der Waals surface area (Å²) < 4.78 is 5.11. The van der Waals surface area contributed by atoms with Gasteiger partial charge in [0.1, 0.15) is 0 Å². The lowest BCUT2D eigenvalue weighted by molar-refractivity contribution is -0.146. The van der Waals surface area contributed by atoms with Crippen LogP contribution in [0.2, 0.25) is 5.02 Å². The van der Waals surface area contributed by atoms with Crippen LogP contribution < -0.4 is 0 Å². The highest BCUT2D eigenvalue weighted by molar-refractivity contribution is 6.31. The first-order valence-corrected chi connectivity index (χ1v) is 6.27. The van der Waals surface area contributed by atoms with Gasteiger partial charge >= 0.3 is 5.97 Å². The third-order valence-corrected chi connectivity index (χ3v) is 3.17. The van der Waals surface area contributed by atoms with E-state index in [1.165, 1.54) is 0 Å². The van der Waals surface area contributed by atoms with Crippen molar-refractivity contribution in [2.75, 3.05) is 6.61 Å². The summed E-state index contributed by atoms with van der Waals surface area (Å²) in [5.74, 6) is -0.233. The number of esters is 1. The molecule has 3 heteroatoms. The highest BCUT2D eigenvalue weighted by Gasteiger charge is 2.25. The number of halogens is 1. The molecule has 1 rings (SSSR count). The fourth-order valence-corrected chi connectivity index (χ4v) is 2.02. The van der Waals surface area contributed by atoms with Crippen LogP contribution in [0.3, 0.4) is 0 Å². The number of aryl methyl sites for hydroxylation is 1. The van der Waals surface area contributed by atoms with Gasteiger partial charge in [0.2, 0.25) is 0 Å². The molecule has 1 atom stereocenters. The van der Waals surface area contributed by atoms with E-state index in [1.807, 2.05) is 45.9 Å². The van der Waals surface area contributed by atoms with E-state index < -0.39 is 0 Å². The Morgan fingerprint density at radius 1 is 1.41 bits per heavy atom. The van der Waals surface area contributed by atoms with E-state index in [2.05, 4.69) is 0 Å². The van der Waals surface area contributed by atoms with Gasteiger partial charge in [0.25, 0.3) is 0 Å². The summed E-state index contributed by atoms with van der Waals surface area (Å²) in [5, 5.41) is 0.692. The fourth-order valence-electron chi connectivity index (χ4n) is 1.83. The smallest absolute Gasteiger partial charge is 0.313 e. The lowest BCUT2D eigenvalue weighted by Crippen LogP contribution is -2.20. The SMILES string of the molecule is CCOC(=O)C(c1ccc(C)c(Cl)c1)C(C)C. The minimum atomic E-state index is -0.243. The number of ether oxygens (including phenoxy) is 1. The zero-order valence-electron chi connectivity index (χ0n) is 10.8. The highest BCUT2D eigenvalue weighted by atomic mass is 35.5. The third kappa shape index (κ3) is 3.47. The molecular weight excluding hydrogens is 236 g/mol. The summed E-state index contributed by atoms with van der Waals surface area (Å²) in [6.45, 7) is 8.19. The lowest BCUT2D eigenvalue weighted by Gasteiger charge is -2.20. The summed E-state index contributed by atoms with van der Waals surface area (Å²) in [6, 6.07) is 5.74. The van der Waals surface area contributed by atoms with E-state index in [4.69, 9.17) is 16.3 Å². The van der Waals surface area contributed by atoms with Gasteiger partial charge in [-0.1, -0.05) is 37.6 Å². The van der Waals surface area contributed by atoms with Crippen LogP contribution in [-0.2, 0) is 9.53 Å². The minimum Gasteiger partial charge on any atom is -0.466 e. The van der Waals surface area contributed by atoms with Crippen LogP contribution in [0.1, 0.15) is 37.8 Å². The van der Waals surface area contributed by atoms with Crippen molar-refractivity contribution in [2.24, 2.45) is 5.92 Å². The maximum Gasteiger partial charge on any atom is 0.313 e. The Labute approximate surface area is 108 Å². The number of hydrogen-bond acceptors (Lipinski definition) is 2. The van der Waals surface area contributed by atoms with Crippen molar-refractivity contribution in [1.82, 2.24) is 0 Å². The van der Waals surface area contributed by atoms with E-state index in [9.17, 15) is 4.79 Å². The largest absolute Gasteiger partial charge is 0.466 e.